The molecular weight excluding hydrogens is 903 g/mol. The maximum Gasteiger partial charge on any atom is 0.142 e. The Bertz CT molecular complexity index is 3250. The number of nitrogens with one attached hydrogen (secondary N) is 1. The predicted molar refractivity (Wildman–Crippen MR) is 288 cm³/mol. The lowest BCUT2D eigenvalue weighted by molar-refractivity contribution is 0.0899. The van der Waals surface area contributed by atoms with Gasteiger partial charge in [-0.05, 0) is 64.7 Å². The molecule has 10 aromatic rings. The van der Waals surface area contributed by atoms with Crippen molar-refractivity contribution in [2.24, 2.45) is 4.99 Å². The van der Waals surface area contributed by atoms with Crippen molar-refractivity contribution in [2.75, 3.05) is 13.2 Å². The maximum absolute atomic E-state index is 6.24. The van der Waals surface area contributed by atoms with Crippen LogP contribution < -0.4 is 0 Å². The van der Waals surface area contributed by atoms with Crippen LogP contribution >= 0.6 is 23.5 Å². The summed E-state index contributed by atoms with van der Waals surface area (Å²) in [7, 11) is -1.20. The average Bonchev–Trinajstić information content (AvgIpc) is 4.23. The van der Waals surface area contributed by atoms with E-state index in [-0.39, 0.29) is 0 Å². The molecule has 5 aromatic heterocycles. The number of allylic oxidation sites excluding steroid dienone is 1. The predicted octanol–water partition coefficient (Wildman–Crippen LogP) is 14.4. The van der Waals surface area contributed by atoms with Crippen molar-refractivity contribution in [3.63, 3.8) is 0 Å². The van der Waals surface area contributed by atoms with E-state index in [0.717, 1.165) is 78.9 Å². The summed E-state index contributed by atoms with van der Waals surface area (Å²) in [6.07, 6.45) is 16.3. The second kappa shape index (κ2) is 20.7. The average molecular weight is 956 g/mol. The summed E-state index contributed by atoms with van der Waals surface area (Å²) in [5.74, 6) is 0. The van der Waals surface area contributed by atoms with E-state index in [0.29, 0.717) is 6.73 Å². The molecule has 0 amide bonds. The van der Waals surface area contributed by atoms with Gasteiger partial charge in [0.05, 0.1) is 12.7 Å². The van der Waals surface area contributed by atoms with Crippen LogP contribution in [0, 0.1) is 0 Å². The van der Waals surface area contributed by atoms with E-state index in [2.05, 4.69) is 214 Å². The second-order valence-electron chi connectivity index (χ2n) is 18.1. The van der Waals surface area contributed by atoms with Crippen molar-refractivity contribution >= 4 is 65.5 Å². The van der Waals surface area contributed by atoms with E-state index < -0.39 is 13.6 Å². The SMILES string of the molecule is C1=NCC=C1c1c[nH]c2ncc(Sc3ccccc3)cc12.C[Si](C)(C)CCOCn1cc(-c2cnn(C(c3ccccc3)(c3ccccc3)c3ccccc3)c2)c2cc(Sc3ccccc3)cnc21. The molecule has 8 nitrogen and oxygen atoms in total. The van der Waals surface area contributed by atoms with Crippen LogP contribution in [-0.2, 0) is 17.0 Å². The first-order valence-electron chi connectivity index (χ1n) is 23.2. The second-order valence-corrected chi connectivity index (χ2v) is 26.1. The minimum absolute atomic E-state index is 0.454. The van der Waals surface area contributed by atoms with E-state index in [1.165, 1.54) is 20.9 Å². The Morgan fingerprint density at radius 3 is 1.72 bits per heavy atom. The standard InChI is InChI=1S/C41H40N4OSSi.C17H13N3S/c1-48(2,3)25-24-46-31-44-30-39(38-26-37(28-42-40(38)44)47-36-22-14-7-15-23-36)32-27-43-45(29-32)41(33-16-8-4-9-17-33,34-18-10-5-11-19-34)35-20-12-6-13-21-35;1-2-4-13(5-3-1)21-14-8-15-16(12-6-7-18-9-12)11-20-17(15)19-10-14/h4-23,26-30H,24-25,31H2,1-3H3;1-6,8-11H,7H2,(H,19,20). The zero-order valence-electron chi connectivity index (χ0n) is 38.9. The largest absolute Gasteiger partial charge is 0.361 e. The van der Waals surface area contributed by atoms with Crippen LogP contribution in [-0.4, -0.2) is 56.7 Å². The van der Waals surface area contributed by atoms with Crippen LogP contribution in [0.25, 0.3) is 38.8 Å². The molecule has 5 aromatic carbocycles. The van der Waals surface area contributed by atoms with Gasteiger partial charge in [0.25, 0.3) is 0 Å². The van der Waals surface area contributed by atoms with Crippen molar-refractivity contribution in [1.82, 2.24) is 29.3 Å². The van der Waals surface area contributed by atoms with Crippen molar-refractivity contribution < 1.29 is 4.74 Å². The molecule has 342 valence electrons. The summed E-state index contributed by atoms with van der Waals surface area (Å²) < 4.78 is 10.5. The van der Waals surface area contributed by atoms with Crippen LogP contribution in [0.5, 0.6) is 0 Å². The first-order chi connectivity index (χ1) is 33.8. The smallest absolute Gasteiger partial charge is 0.142 e. The summed E-state index contributed by atoms with van der Waals surface area (Å²) >= 11 is 3.45. The zero-order chi connectivity index (χ0) is 47.0. The number of hydrogen-bond acceptors (Lipinski definition) is 7. The lowest BCUT2D eigenvalue weighted by Gasteiger charge is -2.36. The topological polar surface area (TPSA) is 85.9 Å². The van der Waals surface area contributed by atoms with Crippen LogP contribution in [0.1, 0.15) is 22.3 Å². The molecule has 0 fully saturated rings. The summed E-state index contributed by atoms with van der Waals surface area (Å²) in [5.41, 5.74) is 9.00. The van der Waals surface area contributed by atoms with Crippen molar-refractivity contribution in [3.8, 4) is 11.1 Å². The lowest BCUT2D eigenvalue weighted by Crippen LogP contribution is -2.38. The highest BCUT2D eigenvalue weighted by Gasteiger charge is 2.39. The molecule has 1 aliphatic rings. The Kier molecular flexibility index (Phi) is 13.7. The summed E-state index contributed by atoms with van der Waals surface area (Å²) in [6.45, 7) is 9.11. The first-order valence-corrected chi connectivity index (χ1v) is 28.6. The monoisotopic (exact) mass is 955 g/mol. The van der Waals surface area contributed by atoms with E-state index >= 15 is 0 Å². The van der Waals surface area contributed by atoms with Gasteiger partial charge < -0.3 is 14.3 Å². The molecule has 11 rings (SSSR count). The number of fused-ring (bicyclic) bond motifs is 2. The number of aromatic nitrogens is 6. The number of ether oxygens (including phenoxy) is 1. The van der Waals surface area contributed by atoms with Gasteiger partial charge in [-0.1, -0.05) is 177 Å². The van der Waals surface area contributed by atoms with Gasteiger partial charge in [0.1, 0.15) is 23.6 Å². The number of benzene rings is 5. The molecule has 6 heterocycles. The minimum atomic E-state index is -1.20. The third kappa shape index (κ3) is 10.2. The highest BCUT2D eigenvalue weighted by atomic mass is 32.2. The number of hydrogen-bond donors (Lipinski definition) is 1. The Morgan fingerprint density at radius 1 is 0.623 bits per heavy atom. The van der Waals surface area contributed by atoms with Gasteiger partial charge in [0, 0.05) is 98.9 Å². The van der Waals surface area contributed by atoms with E-state index in [9.17, 15) is 0 Å². The fourth-order valence-corrected chi connectivity index (χ4v) is 11.2. The van der Waals surface area contributed by atoms with Crippen LogP contribution in [0.4, 0.5) is 0 Å². The third-order valence-electron chi connectivity index (χ3n) is 12.1. The molecule has 0 saturated carbocycles. The fourth-order valence-electron chi connectivity index (χ4n) is 8.72. The van der Waals surface area contributed by atoms with Gasteiger partial charge in [-0.15, -0.1) is 0 Å². The lowest BCUT2D eigenvalue weighted by atomic mass is 9.77. The fraction of sp³-hybridized carbons (Fsp3) is 0.138. The number of pyridine rings is 2. The van der Waals surface area contributed by atoms with E-state index in [4.69, 9.17) is 14.8 Å². The van der Waals surface area contributed by atoms with Crippen molar-refractivity contribution in [1.29, 1.82) is 0 Å². The Labute approximate surface area is 413 Å². The molecule has 0 atom stereocenters. The van der Waals surface area contributed by atoms with Crippen molar-refractivity contribution in [3.05, 3.63) is 229 Å². The quantitative estimate of drug-likeness (QED) is 0.0626. The number of rotatable bonds is 15. The number of nitrogens with zero attached hydrogens (tertiary/aromatic N) is 6. The molecule has 0 saturated heterocycles. The molecule has 0 radical (unpaired) electrons. The highest BCUT2D eigenvalue weighted by Crippen LogP contribution is 2.42. The number of H-pyrrole nitrogens is 1. The van der Waals surface area contributed by atoms with Crippen LogP contribution in [0.15, 0.2) is 232 Å². The maximum atomic E-state index is 6.24. The highest BCUT2D eigenvalue weighted by molar-refractivity contribution is 7.99. The molecule has 69 heavy (non-hydrogen) atoms. The van der Waals surface area contributed by atoms with Gasteiger partial charge >= 0.3 is 0 Å². The Balaban J connectivity index is 0.000000218. The molecule has 0 aliphatic carbocycles. The Hall–Kier alpha value is -7.02. The van der Waals surface area contributed by atoms with Crippen LogP contribution in [0.2, 0.25) is 25.7 Å². The number of aliphatic imine (C=N–C) groups is 1. The van der Waals surface area contributed by atoms with E-state index in [1.54, 1.807) is 23.5 Å². The summed E-state index contributed by atoms with van der Waals surface area (Å²) in [6, 6.07) is 58.4. The van der Waals surface area contributed by atoms with Gasteiger partial charge in [0.2, 0.25) is 0 Å². The Morgan fingerprint density at radius 2 is 1.17 bits per heavy atom. The summed E-state index contributed by atoms with van der Waals surface area (Å²) in [5, 5.41) is 7.38. The molecule has 0 unspecified atom stereocenters. The van der Waals surface area contributed by atoms with E-state index in [1.807, 2.05) is 43.1 Å². The summed E-state index contributed by atoms with van der Waals surface area (Å²) in [4.78, 5) is 21.6. The third-order valence-corrected chi connectivity index (χ3v) is 15.8. The van der Waals surface area contributed by atoms with Gasteiger partial charge in [-0.3, -0.25) is 9.67 Å². The van der Waals surface area contributed by atoms with Crippen LogP contribution in [0.3, 0.4) is 0 Å². The molecule has 0 bridgehead atoms. The number of aromatic amines is 1. The van der Waals surface area contributed by atoms with Gasteiger partial charge in [0.15, 0.2) is 0 Å². The molecule has 1 N–H and O–H groups in total. The molecule has 1 aliphatic heterocycles. The first kappa shape index (κ1) is 45.7. The van der Waals surface area contributed by atoms with Gasteiger partial charge in [-0.25, -0.2) is 9.97 Å². The minimum Gasteiger partial charge on any atom is -0.361 e. The normalized spacial score (nSPS) is 12.6. The van der Waals surface area contributed by atoms with Crippen molar-refractivity contribution in [2.45, 2.75) is 57.5 Å². The molecule has 0 spiro atoms. The molecular formula is C58H53N7OS2Si. The van der Waals surface area contributed by atoms with Gasteiger partial charge in [-0.2, -0.15) is 5.10 Å². The zero-order valence-corrected chi connectivity index (χ0v) is 41.6. The molecule has 11 heteroatoms.